The van der Waals surface area contributed by atoms with Crippen LogP contribution >= 0.6 is 11.6 Å². The van der Waals surface area contributed by atoms with Gasteiger partial charge in [0.1, 0.15) is 11.0 Å². The van der Waals surface area contributed by atoms with E-state index in [9.17, 15) is 14.0 Å². The van der Waals surface area contributed by atoms with E-state index in [1.54, 1.807) is 6.07 Å². The second-order valence-electron chi connectivity index (χ2n) is 4.41. The van der Waals surface area contributed by atoms with Crippen molar-refractivity contribution < 1.29 is 4.39 Å². The first-order valence-corrected chi connectivity index (χ1v) is 6.71. The monoisotopic (exact) mass is 296 g/mol. The van der Waals surface area contributed by atoms with Gasteiger partial charge < -0.3 is 0 Å². The van der Waals surface area contributed by atoms with Gasteiger partial charge in [0.15, 0.2) is 0 Å². The summed E-state index contributed by atoms with van der Waals surface area (Å²) in [5.41, 5.74) is -1.07. The summed E-state index contributed by atoms with van der Waals surface area (Å²) < 4.78 is 14.9. The second-order valence-corrected chi connectivity index (χ2v) is 4.79. The van der Waals surface area contributed by atoms with Crippen LogP contribution in [0.15, 0.2) is 33.9 Å². The fourth-order valence-electron chi connectivity index (χ4n) is 1.96. The molecule has 1 heterocycles. The van der Waals surface area contributed by atoms with Gasteiger partial charge in [-0.05, 0) is 12.5 Å². The highest BCUT2D eigenvalue weighted by atomic mass is 35.5. The van der Waals surface area contributed by atoms with E-state index in [0.717, 1.165) is 11.0 Å². The maximum absolute atomic E-state index is 13.8. The summed E-state index contributed by atoms with van der Waals surface area (Å²) >= 11 is 5.91. The Morgan fingerprint density at radius 2 is 2.00 bits per heavy atom. The molecule has 106 valence electrons. The van der Waals surface area contributed by atoms with Crippen LogP contribution in [0.4, 0.5) is 4.39 Å². The first kappa shape index (κ1) is 14.5. The molecule has 0 saturated heterocycles. The molecule has 4 nitrogen and oxygen atoms in total. The van der Waals surface area contributed by atoms with Gasteiger partial charge in [0.25, 0.3) is 5.56 Å². The lowest BCUT2D eigenvalue weighted by Crippen LogP contribution is -2.36. The first-order chi connectivity index (χ1) is 9.56. The first-order valence-electron chi connectivity index (χ1n) is 6.33. The molecule has 0 unspecified atom stereocenters. The van der Waals surface area contributed by atoms with Crippen LogP contribution in [0.3, 0.4) is 0 Å². The average Bonchev–Trinajstić information content (AvgIpc) is 2.40. The van der Waals surface area contributed by atoms with E-state index < -0.39 is 17.1 Å². The van der Waals surface area contributed by atoms with Crippen molar-refractivity contribution in [2.45, 2.75) is 26.3 Å². The number of nitrogens with one attached hydrogen (secondary N) is 1. The lowest BCUT2D eigenvalue weighted by molar-refractivity contribution is 0.583. The SMILES string of the molecule is CCCCn1c(=O)[nH]c(Cl)c(-c2ccccc2F)c1=O. The Hall–Kier alpha value is -1.88. The summed E-state index contributed by atoms with van der Waals surface area (Å²) in [6, 6.07) is 5.83. The molecule has 0 atom stereocenters. The van der Waals surface area contributed by atoms with E-state index in [4.69, 9.17) is 11.6 Å². The molecular weight excluding hydrogens is 283 g/mol. The predicted molar refractivity (Wildman–Crippen MR) is 76.6 cm³/mol. The Kier molecular flexibility index (Phi) is 4.39. The number of unbranched alkanes of at least 4 members (excludes halogenated alkanes) is 1. The average molecular weight is 297 g/mol. The van der Waals surface area contributed by atoms with Crippen LogP contribution < -0.4 is 11.2 Å². The second kappa shape index (κ2) is 6.05. The van der Waals surface area contributed by atoms with Gasteiger partial charge in [0, 0.05) is 12.1 Å². The largest absolute Gasteiger partial charge is 0.329 e. The Balaban J connectivity index is 2.68. The minimum Gasteiger partial charge on any atom is -0.297 e. The van der Waals surface area contributed by atoms with Crippen LogP contribution in [0.25, 0.3) is 11.1 Å². The summed E-state index contributed by atoms with van der Waals surface area (Å²) in [7, 11) is 0. The van der Waals surface area contributed by atoms with E-state index in [1.165, 1.54) is 18.2 Å². The molecule has 0 fully saturated rings. The van der Waals surface area contributed by atoms with Gasteiger partial charge in [0.2, 0.25) is 0 Å². The van der Waals surface area contributed by atoms with Crippen LogP contribution in [0, 0.1) is 5.82 Å². The molecule has 1 N–H and O–H groups in total. The number of benzene rings is 1. The van der Waals surface area contributed by atoms with Crippen LogP contribution in [-0.4, -0.2) is 9.55 Å². The van der Waals surface area contributed by atoms with Crippen molar-refractivity contribution in [3.63, 3.8) is 0 Å². The number of aromatic amines is 1. The van der Waals surface area contributed by atoms with E-state index in [-0.39, 0.29) is 22.8 Å². The zero-order chi connectivity index (χ0) is 14.7. The van der Waals surface area contributed by atoms with Crippen molar-refractivity contribution in [2.75, 3.05) is 0 Å². The molecule has 20 heavy (non-hydrogen) atoms. The highest BCUT2D eigenvalue weighted by Crippen LogP contribution is 2.24. The van der Waals surface area contributed by atoms with Crippen LogP contribution in [0.1, 0.15) is 19.8 Å². The van der Waals surface area contributed by atoms with Crippen molar-refractivity contribution >= 4 is 11.6 Å². The van der Waals surface area contributed by atoms with Gasteiger partial charge in [-0.15, -0.1) is 0 Å². The van der Waals surface area contributed by atoms with E-state index >= 15 is 0 Å². The van der Waals surface area contributed by atoms with Gasteiger partial charge in [-0.3, -0.25) is 14.3 Å². The quantitative estimate of drug-likeness (QED) is 0.882. The zero-order valence-corrected chi connectivity index (χ0v) is 11.7. The third-order valence-electron chi connectivity index (χ3n) is 3.02. The lowest BCUT2D eigenvalue weighted by atomic mass is 10.1. The summed E-state index contributed by atoms with van der Waals surface area (Å²) in [6.07, 6.45) is 1.52. The third-order valence-corrected chi connectivity index (χ3v) is 3.30. The van der Waals surface area contributed by atoms with Crippen molar-refractivity contribution in [3.8, 4) is 11.1 Å². The summed E-state index contributed by atoms with van der Waals surface area (Å²) in [5.74, 6) is -0.555. The lowest BCUT2D eigenvalue weighted by Gasteiger charge is -2.09. The molecule has 1 aromatic heterocycles. The van der Waals surface area contributed by atoms with Gasteiger partial charge >= 0.3 is 5.69 Å². The molecule has 0 spiro atoms. The number of nitrogens with zero attached hydrogens (tertiary/aromatic N) is 1. The molecule has 1 aromatic carbocycles. The molecular formula is C14H14ClFN2O2. The number of rotatable bonds is 4. The maximum Gasteiger partial charge on any atom is 0.329 e. The fourth-order valence-corrected chi connectivity index (χ4v) is 2.23. The number of halogens is 2. The molecule has 0 amide bonds. The summed E-state index contributed by atoms with van der Waals surface area (Å²) in [5, 5.41) is -0.141. The Bertz CT molecular complexity index is 737. The Labute approximate surface area is 119 Å². The molecule has 2 rings (SSSR count). The van der Waals surface area contributed by atoms with Crippen molar-refractivity contribution in [1.29, 1.82) is 0 Å². The number of aromatic nitrogens is 2. The third kappa shape index (κ3) is 2.67. The van der Waals surface area contributed by atoms with Crippen LogP contribution in [0.5, 0.6) is 0 Å². The van der Waals surface area contributed by atoms with Crippen molar-refractivity contribution in [2.24, 2.45) is 0 Å². The van der Waals surface area contributed by atoms with E-state index in [1.807, 2.05) is 6.92 Å². The summed E-state index contributed by atoms with van der Waals surface area (Å²) in [4.78, 5) is 26.5. The molecule has 0 aliphatic heterocycles. The molecule has 0 saturated carbocycles. The minimum absolute atomic E-state index is 0.0135. The van der Waals surface area contributed by atoms with Crippen LogP contribution in [0.2, 0.25) is 5.15 Å². The summed E-state index contributed by atoms with van der Waals surface area (Å²) in [6.45, 7) is 2.23. The van der Waals surface area contributed by atoms with Gasteiger partial charge in [-0.2, -0.15) is 0 Å². The minimum atomic E-state index is -0.575. The Morgan fingerprint density at radius 3 is 2.65 bits per heavy atom. The number of H-pyrrole nitrogens is 1. The fraction of sp³-hybridized carbons (Fsp3) is 0.286. The predicted octanol–water partition coefficient (Wildman–Crippen LogP) is 2.80. The van der Waals surface area contributed by atoms with E-state index in [0.29, 0.717) is 6.42 Å². The Morgan fingerprint density at radius 1 is 1.30 bits per heavy atom. The van der Waals surface area contributed by atoms with Gasteiger partial charge in [-0.25, -0.2) is 9.18 Å². The molecule has 0 aliphatic rings. The zero-order valence-electron chi connectivity index (χ0n) is 11.0. The van der Waals surface area contributed by atoms with E-state index in [2.05, 4.69) is 4.98 Å². The van der Waals surface area contributed by atoms with Crippen molar-refractivity contribution in [1.82, 2.24) is 9.55 Å². The number of hydrogen-bond acceptors (Lipinski definition) is 2. The topological polar surface area (TPSA) is 54.9 Å². The molecule has 0 bridgehead atoms. The molecule has 2 aromatic rings. The molecule has 6 heteroatoms. The maximum atomic E-state index is 13.8. The normalized spacial score (nSPS) is 10.8. The van der Waals surface area contributed by atoms with Gasteiger partial charge in [-0.1, -0.05) is 43.1 Å². The van der Waals surface area contributed by atoms with Crippen molar-refractivity contribution in [3.05, 3.63) is 56.1 Å². The van der Waals surface area contributed by atoms with Gasteiger partial charge in [0.05, 0.1) is 5.56 Å². The molecule has 0 aliphatic carbocycles. The highest BCUT2D eigenvalue weighted by Gasteiger charge is 2.17. The van der Waals surface area contributed by atoms with Crippen LogP contribution in [-0.2, 0) is 6.54 Å². The number of hydrogen-bond donors (Lipinski definition) is 1. The highest BCUT2D eigenvalue weighted by molar-refractivity contribution is 6.32. The smallest absolute Gasteiger partial charge is 0.297 e. The molecule has 0 radical (unpaired) electrons. The standard InChI is InChI=1S/C14H14ClFN2O2/c1-2-3-8-18-13(19)11(12(15)17-14(18)20)9-6-4-5-7-10(9)16/h4-7H,2-3,8H2,1H3,(H,17,20).